The van der Waals surface area contributed by atoms with Gasteiger partial charge in [-0.3, -0.25) is 0 Å². The Morgan fingerprint density at radius 2 is 1.53 bits per heavy atom. The van der Waals surface area contributed by atoms with Crippen LogP contribution in [0.1, 0.15) is 34.6 Å². The Kier molecular flexibility index (Phi) is 4.05. The number of ether oxygens (including phenoxy) is 4. The van der Waals surface area contributed by atoms with Gasteiger partial charge < -0.3 is 24.1 Å². The summed E-state index contributed by atoms with van der Waals surface area (Å²) in [6, 6.07) is 0. The van der Waals surface area contributed by atoms with E-state index in [2.05, 4.69) is 0 Å². The number of aliphatic hydroxyl groups excluding tert-OH is 1. The SMILES string of the molecule is C[C@@H]1OC(C)(C)O[C@@H]1[C@H]1OC(C)(C)O[C@@H]1/C=C\CO. The maximum absolute atomic E-state index is 8.90. The van der Waals surface area contributed by atoms with E-state index in [1.165, 1.54) is 0 Å². The molecule has 4 atom stereocenters. The summed E-state index contributed by atoms with van der Waals surface area (Å²) in [6.45, 7) is 9.49. The molecule has 0 aromatic rings. The number of hydrogen-bond donors (Lipinski definition) is 1. The molecule has 2 aliphatic rings. The Hall–Kier alpha value is -0.460. The van der Waals surface area contributed by atoms with Crippen LogP contribution in [0, 0.1) is 0 Å². The molecule has 5 heteroatoms. The zero-order valence-corrected chi connectivity index (χ0v) is 12.3. The van der Waals surface area contributed by atoms with Crippen LogP contribution in [0.2, 0.25) is 0 Å². The molecule has 1 N–H and O–H groups in total. The van der Waals surface area contributed by atoms with E-state index in [9.17, 15) is 0 Å². The fourth-order valence-electron chi connectivity index (χ4n) is 2.72. The molecule has 2 rings (SSSR count). The Labute approximate surface area is 114 Å². The van der Waals surface area contributed by atoms with E-state index >= 15 is 0 Å². The summed E-state index contributed by atoms with van der Waals surface area (Å²) < 4.78 is 23.5. The molecule has 0 aromatic carbocycles. The van der Waals surface area contributed by atoms with Crippen molar-refractivity contribution in [2.75, 3.05) is 6.61 Å². The molecule has 2 fully saturated rings. The second-order valence-electron chi connectivity index (χ2n) is 5.98. The van der Waals surface area contributed by atoms with Gasteiger partial charge in [0.2, 0.25) is 0 Å². The summed E-state index contributed by atoms with van der Waals surface area (Å²) in [6.07, 6.45) is 2.74. The van der Waals surface area contributed by atoms with E-state index in [1.54, 1.807) is 6.08 Å². The van der Waals surface area contributed by atoms with E-state index in [0.29, 0.717) is 0 Å². The smallest absolute Gasteiger partial charge is 0.164 e. The molecule has 2 aliphatic heterocycles. The summed E-state index contributed by atoms with van der Waals surface area (Å²) in [5.41, 5.74) is 0. The molecule has 2 heterocycles. The van der Waals surface area contributed by atoms with Crippen LogP contribution in [-0.2, 0) is 18.9 Å². The van der Waals surface area contributed by atoms with Gasteiger partial charge in [-0.05, 0) is 34.6 Å². The van der Waals surface area contributed by atoms with Crippen LogP contribution in [0.5, 0.6) is 0 Å². The molecule has 0 unspecified atom stereocenters. The van der Waals surface area contributed by atoms with Crippen LogP contribution in [0.15, 0.2) is 12.2 Å². The number of aliphatic hydroxyl groups is 1. The minimum Gasteiger partial charge on any atom is -0.392 e. The van der Waals surface area contributed by atoms with Crippen molar-refractivity contribution >= 4 is 0 Å². The highest BCUT2D eigenvalue weighted by molar-refractivity contribution is 5.03. The van der Waals surface area contributed by atoms with Crippen LogP contribution < -0.4 is 0 Å². The van der Waals surface area contributed by atoms with Crippen molar-refractivity contribution in [2.24, 2.45) is 0 Å². The van der Waals surface area contributed by atoms with Crippen LogP contribution in [-0.4, -0.2) is 47.7 Å². The van der Waals surface area contributed by atoms with Gasteiger partial charge in [0.05, 0.1) is 12.7 Å². The molecule has 0 bridgehead atoms. The molecule has 0 aliphatic carbocycles. The molecule has 19 heavy (non-hydrogen) atoms. The Morgan fingerprint density at radius 1 is 0.947 bits per heavy atom. The summed E-state index contributed by atoms with van der Waals surface area (Å²) in [5, 5.41) is 8.90. The van der Waals surface area contributed by atoms with Gasteiger partial charge in [0, 0.05) is 0 Å². The Morgan fingerprint density at radius 3 is 2.05 bits per heavy atom. The number of rotatable bonds is 3. The summed E-state index contributed by atoms with van der Waals surface area (Å²) in [7, 11) is 0. The monoisotopic (exact) mass is 272 g/mol. The summed E-state index contributed by atoms with van der Waals surface area (Å²) in [4.78, 5) is 0. The topological polar surface area (TPSA) is 57.2 Å². The molecular formula is C14H24O5. The average Bonchev–Trinajstić information content (AvgIpc) is 2.71. The largest absolute Gasteiger partial charge is 0.392 e. The van der Waals surface area contributed by atoms with Gasteiger partial charge in [0.15, 0.2) is 11.6 Å². The molecular weight excluding hydrogens is 248 g/mol. The van der Waals surface area contributed by atoms with Gasteiger partial charge in [-0.1, -0.05) is 12.2 Å². The molecule has 0 amide bonds. The standard InChI is InChI=1S/C14H24O5/c1-9-11(18-13(2,3)16-9)12-10(7-6-8-15)17-14(4,5)19-12/h6-7,9-12,15H,8H2,1-5H3/b7-6-/t9-,10+,11-,12-/m0/s1. The number of hydrogen-bond acceptors (Lipinski definition) is 5. The second kappa shape index (κ2) is 5.14. The van der Waals surface area contributed by atoms with E-state index in [1.807, 2.05) is 40.7 Å². The van der Waals surface area contributed by atoms with Crippen LogP contribution >= 0.6 is 0 Å². The first kappa shape index (κ1) is 14.9. The molecule has 5 nitrogen and oxygen atoms in total. The van der Waals surface area contributed by atoms with Crippen molar-refractivity contribution in [3.8, 4) is 0 Å². The van der Waals surface area contributed by atoms with Crippen molar-refractivity contribution < 1.29 is 24.1 Å². The molecule has 0 aromatic heterocycles. The first-order valence-corrected chi connectivity index (χ1v) is 6.73. The fourth-order valence-corrected chi connectivity index (χ4v) is 2.72. The summed E-state index contributed by atoms with van der Waals surface area (Å²) in [5.74, 6) is -1.27. The highest BCUT2D eigenvalue weighted by atomic mass is 16.8. The van der Waals surface area contributed by atoms with Crippen molar-refractivity contribution in [1.82, 2.24) is 0 Å². The van der Waals surface area contributed by atoms with E-state index in [0.717, 1.165) is 0 Å². The third kappa shape index (κ3) is 3.35. The molecule has 2 saturated heterocycles. The Balaban J connectivity index is 2.15. The Bertz CT molecular complexity index is 350. The van der Waals surface area contributed by atoms with Crippen LogP contribution in [0.3, 0.4) is 0 Å². The van der Waals surface area contributed by atoms with Crippen molar-refractivity contribution in [1.29, 1.82) is 0 Å². The van der Waals surface area contributed by atoms with Gasteiger partial charge in [-0.2, -0.15) is 0 Å². The zero-order valence-electron chi connectivity index (χ0n) is 12.3. The van der Waals surface area contributed by atoms with Crippen molar-refractivity contribution in [2.45, 2.75) is 70.6 Å². The van der Waals surface area contributed by atoms with E-state index in [4.69, 9.17) is 24.1 Å². The highest BCUT2D eigenvalue weighted by Gasteiger charge is 2.51. The summed E-state index contributed by atoms with van der Waals surface area (Å²) >= 11 is 0. The van der Waals surface area contributed by atoms with Crippen LogP contribution in [0.25, 0.3) is 0 Å². The van der Waals surface area contributed by atoms with Gasteiger partial charge in [-0.15, -0.1) is 0 Å². The van der Waals surface area contributed by atoms with E-state index in [-0.39, 0.29) is 31.0 Å². The zero-order chi connectivity index (χ0) is 14.3. The third-order valence-corrected chi connectivity index (χ3v) is 3.27. The third-order valence-electron chi connectivity index (χ3n) is 3.27. The molecule has 110 valence electrons. The lowest BCUT2D eigenvalue weighted by Gasteiger charge is -2.24. The van der Waals surface area contributed by atoms with Crippen molar-refractivity contribution in [3.05, 3.63) is 12.2 Å². The first-order chi connectivity index (χ1) is 8.74. The lowest BCUT2D eigenvalue weighted by atomic mass is 10.0. The predicted octanol–water partition coefficient (Wildman–Crippen LogP) is 1.59. The normalized spacial score (nSPS) is 41.2. The second-order valence-corrected chi connectivity index (χ2v) is 5.98. The fraction of sp³-hybridized carbons (Fsp3) is 0.857. The lowest BCUT2D eigenvalue weighted by Crippen LogP contribution is -2.40. The quantitative estimate of drug-likeness (QED) is 0.791. The van der Waals surface area contributed by atoms with Gasteiger partial charge >= 0.3 is 0 Å². The minimum absolute atomic E-state index is 0.0178. The van der Waals surface area contributed by atoms with Crippen LogP contribution in [0.4, 0.5) is 0 Å². The van der Waals surface area contributed by atoms with Gasteiger partial charge in [0.1, 0.15) is 18.3 Å². The first-order valence-electron chi connectivity index (χ1n) is 6.73. The highest BCUT2D eigenvalue weighted by Crippen LogP contribution is 2.38. The van der Waals surface area contributed by atoms with Crippen molar-refractivity contribution in [3.63, 3.8) is 0 Å². The van der Waals surface area contributed by atoms with Gasteiger partial charge in [0.25, 0.3) is 0 Å². The van der Waals surface area contributed by atoms with E-state index < -0.39 is 11.6 Å². The molecule has 0 radical (unpaired) electrons. The lowest BCUT2D eigenvalue weighted by molar-refractivity contribution is -0.174. The maximum atomic E-state index is 8.90. The van der Waals surface area contributed by atoms with Gasteiger partial charge in [-0.25, -0.2) is 0 Å². The predicted molar refractivity (Wildman–Crippen MR) is 69.5 cm³/mol. The minimum atomic E-state index is -0.662. The molecule has 0 spiro atoms. The molecule has 0 saturated carbocycles. The maximum Gasteiger partial charge on any atom is 0.164 e. The average molecular weight is 272 g/mol.